The number of benzene rings is 1. The Balaban J connectivity index is 0.000000490. The molecule has 1 aromatic rings. The van der Waals surface area contributed by atoms with Crippen molar-refractivity contribution in [3.8, 4) is 5.75 Å². The van der Waals surface area contributed by atoms with Crippen LogP contribution < -0.4 is 0 Å². The van der Waals surface area contributed by atoms with E-state index < -0.39 is 0 Å². The Bertz CT molecular complexity index is 138. The van der Waals surface area contributed by atoms with Crippen LogP contribution in [-0.4, -0.2) is 30.9 Å². The minimum absolute atomic E-state index is 0. The molecule has 0 aliphatic rings. The van der Waals surface area contributed by atoms with Crippen LogP contribution in [0.25, 0.3) is 0 Å². The van der Waals surface area contributed by atoms with Crippen LogP contribution in [0.15, 0.2) is 30.3 Å². The molecule has 42 valence electrons. The number of hydrogen-bond acceptors (Lipinski definition) is 1. The molecule has 1 nitrogen and oxygen atoms in total. The van der Waals surface area contributed by atoms with Crippen LogP contribution in [-0.2, 0) is 0 Å². The van der Waals surface area contributed by atoms with Gasteiger partial charge in [-0.05, 0) is 12.1 Å². The molecule has 0 aromatic heterocycles. The monoisotopic (exact) mass is 212 g/mol. The summed E-state index contributed by atoms with van der Waals surface area (Å²) >= 11 is 0. The van der Waals surface area contributed by atoms with Gasteiger partial charge in [0.2, 0.25) is 0 Å². The molecule has 1 N–H and O–H groups in total. The molecule has 0 fully saturated rings. The first kappa shape index (κ1) is 7.89. The van der Waals surface area contributed by atoms with Crippen LogP contribution in [0.4, 0.5) is 0 Å². The zero-order valence-corrected chi connectivity index (χ0v) is 3.83. The van der Waals surface area contributed by atoms with Gasteiger partial charge in [0.1, 0.15) is 5.75 Å². The summed E-state index contributed by atoms with van der Waals surface area (Å²) in [6.07, 6.45) is 0. The summed E-state index contributed by atoms with van der Waals surface area (Å²) in [4.78, 5) is 0. The fourth-order valence-electron chi connectivity index (χ4n) is 0.428. The van der Waals surface area contributed by atoms with Gasteiger partial charge in [-0.2, -0.15) is 0 Å². The predicted octanol–water partition coefficient (Wildman–Crippen LogP) is 0.208. The first-order valence-corrected chi connectivity index (χ1v) is 2.13. The first-order chi connectivity index (χ1) is 3.39. The van der Waals surface area contributed by atoms with Crippen LogP contribution in [0.5, 0.6) is 5.75 Å². The zero-order valence-electron chi connectivity index (χ0n) is 3.83. The molecule has 0 radical (unpaired) electrons. The molecule has 0 aliphatic heterocycles. The molecule has 0 aliphatic carbocycles. The van der Waals surface area contributed by atoms with Crippen molar-refractivity contribution in [3.05, 3.63) is 30.3 Å². The molecular weight excluding hydrogens is 203 g/mol. The number of hydrogen-bond donors (Lipinski definition) is 1. The van der Waals surface area contributed by atoms with E-state index in [1.165, 1.54) is 0 Å². The summed E-state index contributed by atoms with van der Waals surface area (Å²) < 4.78 is 0. The van der Waals surface area contributed by atoms with Gasteiger partial charge in [-0.15, -0.1) is 0 Å². The van der Waals surface area contributed by atoms with Crippen LogP contribution in [0, 0.1) is 0 Å². The molecule has 0 atom stereocenters. The Morgan fingerprint density at radius 1 is 1.00 bits per heavy atom. The van der Waals surface area contributed by atoms with Crippen molar-refractivity contribution < 1.29 is 5.11 Å². The van der Waals surface area contributed by atoms with Crippen molar-refractivity contribution in [2.24, 2.45) is 0 Å². The summed E-state index contributed by atoms with van der Waals surface area (Å²) in [5, 5.41) is 8.63. The summed E-state index contributed by atoms with van der Waals surface area (Å²) in [5.41, 5.74) is 0. The van der Waals surface area contributed by atoms with Gasteiger partial charge in [0, 0.05) is 0 Å². The fourth-order valence-corrected chi connectivity index (χ4v) is 0.428. The molecule has 8 heavy (non-hydrogen) atoms. The summed E-state index contributed by atoms with van der Waals surface area (Å²) in [6.45, 7) is 0. The average molecular weight is 212 g/mol. The second-order valence-electron chi connectivity index (χ2n) is 1.34. The van der Waals surface area contributed by atoms with E-state index in [1.54, 1.807) is 24.3 Å². The molecular formula is C6H9InO. The average Bonchev–Trinajstić information content (AvgIpc) is 1.69. The minimum atomic E-state index is 0. The van der Waals surface area contributed by atoms with E-state index in [1.807, 2.05) is 6.07 Å². The molecule has 0 saturated carbocycles. The van der Waals surface area contributed by atoms with Gasteiger partial charge in [-0.3, -0.25) is 0 Å². The predicted molar refractivity (Wildman–Crippen MR) is 38.0 cm³/mol. The Morgan fingerprint density at radius 3 is 1.75 bits per heavy atom. The maximum absolute atomic E-state index is 8.63. The summed E-state index contributed by atoms with van der Waals surface area (Å²) in [5.74, 6) is 0.322. The van der Waals surface area contributed by atoms with Gasteiger partial charge in [0.25, 0.3) is 0 Å². The third-order valence-corrected chi connectivity index (χ3v) is 0.756. The maximum atomic E-state index is 8.63. The molecule has 1 rings (SSSR count). The Morgan fingerprint density at radius 2 is 1.50 bits per heavy atom. The van der Waals surface area contributed by atoms with Crippen LogP contribution in [0.2, 0.25) is 0 Å². The molecule has 0 amide bonds. The van der Waals surface area contributed by atoms with Crippen molar-refractivity contribution in [1.29, 1.82) is 0 Å². The van der Waals surface area contributed by atoms with Gasteiger partial charge in [0.05, 0.1) is 0 Å². The van der Waals surface area contributed by atoms with Crippen LogP contribution in [0.1, 0.15) is 0 Å². The third-order valence-electron chi connectivity index (χ3n) is 0.756. The van der Waals surface area contributed by atoms with Gasteiger partial charge < -0.3 is 5.11 Å². The van der Waals surface area contributed by atoms with Crippen molar-refractivity contribution in [3.63, 3.8) is 0 Å². The SMILES string of the molecule is Oc1ccccc1.[InH3]. The Hall–Kier alpha value is -0.110. The van der Waals surface area contributed by atoms with Gasteiger partial charge in [0.15, 0.2) is 0 Å². The molecule has 0 unspecified atom stereocenters. The second kappa shape index (κ2) is 3.84. The van der Waals surface area contributed by atoms with Gasteiger partial charge >= 0.3 is 25.8 Å². The molecule has 0 saturated heterocycles. The van der Waals surface area contributed by atoms with E-state index in [4.69, 9.17) is 5.11 Å². The van der Waals surface area contributed by atoms with Gasteiger partial charge in [-0.1, -0.05) is 18.2 Å². The van der Waals surface area contributed by atoms with Crippen molar-refractivity contribution in [2.75, 3.05) is 0 Å². The van der Waals surface area contributed by atoms with Crippen molar-refractivity contribution in [1.82, 2.24) is 0 Å². The van der Waals surface area contributed by atoms with Crippen molar-refractivity contribution >= 4 is 25.8 Å². The summed E-state index contributed by atoms with van der Waals surface area (Å²) in [6, 6.07) is 8.71. The third kappa shape index (κ3) is 2.26. The standard InChI is InChI=1S/C6H6O.In.3H/c7-6-4-2-1-3-5-6;;;;/h1-5,7H;;;;. The number of para-hydroxylation sites is 1. The topological polar surface area (TPSA) is 20.2 Å². The van der Waals surface area contributed by atoms with E-state index in [0.717, 1.165) is 0 Å². The first-order valence-electron chi connectivity index (χ1n) is 2.13. The number of aromatic hydroxyl groups is 1. The number of phenols is 1. The van der Waals surface area contributed by atoms with E-state index in [2.05, 4.69) is 0 Å². The van der Waals surface area contributed by atoms with E-state index >= 15 is 0 Å². The Kier molecular flexibility index (Phi) is 3.79. The zero-order chi connectivity index (χ0) is 5.11. The molecule has 0 spiro atoms. The molecule has 0 heterocycles. The number of rotatable bonds is 0. The van der Waals surface area contributed by atoms with E-state index in [9.17, 15) is 0 Å². The van der Waals surface area contributed by atoms with Crippen LogP contribution >= 0.6 is 0 Å². The fraction of sp³-hybridized carbons (Fsp3) is 0. The second-order valence-corrected chi connectivity index (χ2v) is 1.34. The molecule has 0 bridgehead atoms. The molecule has 2 heteroatoms. The number of phenolic OH excluding ortho intramolecular Hbond substituents is 1. The van der Waals surface area contributed by atoms with Gasteiger partial charge in [-0.25, -0.2) is 0 Å². The quantitative estimate of drug-likeness (QED) is 0.651. The van der Waals surface area contributed by atoms with Crippen LogP contribution in [0.3, 0.4) is 0 Å². The normalized spacial score (nSPS) is 7.50. The molecule has 1 aromatic carbocycles. The van der Waals surface area contributed by atoms with E-state index in [-0.39, 0.29) is 25.8 Å². The van der Waals surface area contributed by atoms with E-state index in [0.29, 0.717) is 5.75 Å². The summed E-state index contributed by atoms with van der Waals surface area (Å²) in [7, 11) is 0. The Labute approximate surface area is 67.1 Å². The van der Waals surface area contributed by atoms with Crippen molar-refractivity contribution in [2.45, 2.75) is 0 Å².